The van der Waals surface area contributed by atoms with Crippen LogP contribution in [-0.2, 0) is 15.6 Å². The van der Waals surface area contributed by atoms with Gasteiger partial charge in [0, 0.05) is 37.1 Å². The van der Waals surface area contributed by atoms with Crippen LogP contribution in [0, 0.1) is 5.92 Å². The number of sulfone groups is 1. The highest BCUT2D eigenvalue weighted by atomic mass is 32.2. The molecule has 1 aliphatic heterocycles. The number of anilines is 1. The Kier molecular flexibility index (Phi) is 5.74. The fourth-order valence-electron chi connectivity index (χ4n) is 3.11. The summed E-state index contributed by atoms with van der Waals surface area (Å²) < 4.78 is 22.7. The molecule has 1 heterocycles. The molecule has 1 fully saturated rings. The summed E-state index contributed by atoms with van der Waals surface area (Å²) in [5.41, 5.74) is 2.01. The highest BCUT2D eigenvalue weighted by molar-refractivity contribution is 7.89. The van der Waals surface area contributed by atoms with Crippen molar-refractivity contribution in [3.05, 3.63) is 35.7 Å². The van der Waals surface area contributed by atoms with Gasteiger partial charge in [-0.2, -0.15) is 0 Å². The molecule has 1 aromatic carbocycles. The zero-order valence-electron chi connectivity index (χ0n) is 14.7. The van der Waals surface area contributed by atoms with Gasteiger partial charge in [0.05, 0.1) is 5.75 Å². The summed E-state index contributed by atoms with van der Waals surface area (Å²) in [5, 5.41) is 3.64. The molecular weight excluding hydrogens is 308 g/mol. The number of benzene rings is 1. The van der Waals surface area contributed by atoms with Crippen LogP contribution in [-0.4, -0.2) is 44.7 Å². The third-order valence-electron chi connectivity index (χ3n) is 4.33. The number of hydrogen-bond acceptors (Lipinski definition) is 4. The molecule has 23 heavy (non-hydrogen) atoms. The average Bonchev–Trinajstić information content (AvgIpc) is 2.42. The van der Waals surface area contributed by atoms with E-state index >= 15 is 0 Å². The van der Waals surface area contributed by atoms with Crippen molar-refractivity contribution >= 4 is 15.5 Å². The summed E-state index contributed by atoms with van der Waals surface area (Å²) in [6, 6.07) is 7.78. The molecule has 1 aliphatic rings. The second-order valence-corrected chi connectivity index (χ2v) is 9.58. The van der Waals surface area contributed by atoms with Gasteiger partial charge in [0.1, 0.15) is 0 Å². The van der Waals surface area contributed by atoms with Crippen molar-refractivity contribution in [2.45, 2.75) is 44.9 Å². The number of nitrogens with one attached hydrogen (secondary N) is 1. The topological polar surface area (TPSA) is 49.4 Å². The van der Waals surface area contributed by atoms with E-state index in [2.05, 4.69) is 31.0 Å². The Morgan fingerprint density at radius 1 is 1.17 bits per heavy atom. The first kappa shape index (κ1) is 18.3. The monoisotopic (exact) mass is 337 g/mol. The molecule has 5 heteroatoms. The Morgan fingerprint density at radius 2 is 1.74 bits per heavy atom. The molecule has 0 aliphatic carbocycles. The quantitative estimate of drug-likeness (QED) is 0.866. The second-order valence-electron chi connectivity index (χ2n) is 7.44. The maximum atomic E-state index is 11.3. The standard InChI is InChI=1S/C18H29N2O2S/c1-15(2)13-20-11-9-18(3,10-12-20)19-17-7-5-16(6-8-17)14-23(4,21)22/h5-8,19H,9-14H2,1-4H3. The van der Waals surface area contributed by atoms with Crippen LogP contribution in [0.2, 0.25) is 0 Å². The smallest absolute Gasteiger partial charge is 0.151 e. The van der Waals surface area contributed by atoms with Gasteiger partial charge in [-0.25, -0.2) is 8.42 Å². The number of piperidine rings is 1. The third-order valence-corrected chi connectivity index (χ3v) is 5.19. The first-order valence-corrected chi connectivity index (χ1v) is 10.3. The largest absolute Gasteiger partial charge is 0.380 e. The molecule has 1 saturated heterocycles. The van der Waals surface area contributed by atoms with Gasteiger partial charge in [0.2, 0.25) is 0 Å². The Morgan fingerprint density at radius 3 is 2.22 bits per heavy atom. The van der Waals surface area contributed by atoms with Gasteiger partial charge in [-0.1, -0.05) is 26.0 Å². The zero-order chi connectivity index (χ0) is 17.1. The van der Waals surface area contributed by atoms with Crippen LogP contribution < -0.4 is 5.32 Å². The highest BCUT2D eigenvalue weighted by Crippen LogP contribution is 2.27. The third kappa shape index (κ3) is 6.15. The zero-order valence-corrected chi connectivity index (χ0v) is 15.5. The summed E-state index contributed by atoms with van der Waals surface area (Å²) in [6.45, 7) is 9.96. The molecule has 1 aromatic rings. The molecule has 0 bridgehead atoms. The maximum Gasteiger partial charge on any atom is 0.151 e. The van der Waals surface area contributed by atoms with E-state index in [-0.39, 0.29) is 11.3 Å². The lowest BCUT2D eigenvalue weighted by molar-refractivity contribution is 0.188. The van der Waals surface area contributed by atoms with Crippen molar-refractivity contribution in [3.8, 4) is 0 Å². The van der Waals surface area contributed by atoms with Gasteiger partial charge < -0.3 is 10.2 Å². The summed E-state index contributed by atoms with van der Waals surface area (Å²) in [6.07, 6.45) is 3.50. The van der Waals surface area contributed by atoms with Crippen LogP contribution >= 0.6 is 0 Å². The molecule has 0 spiro atoms. The Balaban J connectivity index is 1.92. The molecule has 129 valence electrons. The van der Waals surface area contributed by atoms with E-state index in [1.807, 2.05) is 24.3 Å². The van der Waals surface area contributed by atoms with Gasteiger partial charge >= 0.3 is 0 Å². The van der Waals surface area contributed by atoms with Gasteiger partial charge in [0.25, 0.3) is 0 Å². The fourth-order valence-corrected chi connectivity index (χ4v) is 3.91. The van der Waals surface area contributed by atoms with Crippen LogP contribution in [0.3, 0.4) is 0 Å². The summed E-state index contributed by atoms with van der Waals surface area (Å²) >= 11 is 0. The van der Waals surface area contributed by atoms with E-state index in [9.17, 15) is 8.42 Å². The van der Waals surface area contributed by atoms with E-state index < -0.39 is 9.84 Å². The van der Waals surface area contributed by atoms with E-state index in [4.69, 9.17) is 0 Å². The minimum atomic E-state index is -2.97. The van der Waals surface area contributed by atoms with E-state index in [1.165, 1.54) is 12.2 Å². The molecule has 1 radical (unpaired) electrons. The van der Waals surface area contributed by atoms with Crippen LogP contribution in [0.1, 0.15) is 39.2 Å². The number of hydrogen-bond donors (Lipinski definition) is 1. The second kappa shape index (κ2) is 7.22. The van der Waals surface area contributed by atoms with Crippen molar-refractivity contribution in [2.75, 3.05) is 31.2 Å². The number of nitrogens with zero attached hydrogens (tertiary/aromatic N) is 1. The Labute approximate surface area is 141 Å². The molecule has 0 unspecified atom stereocenters. The average molecular weight is 338 g/mol. The van der Waals surface area contributed by atoms with Crippen LogP contribution in [0.25, 0.3) is 0 Å². The van der Waals surface area contributed by atoms with Crippen molar-refractivity contribution in [2.24, 2.45) is 0 Å². The van der Waals surface area contributed by atoms with Gasteiger partial charge in [-0.05, 0) is 43.4 Å². The van der Waals surface area contributed by atoms with Crippen LogP contribution in [0.4, 0.5) is 5.69 Å². The number of likely N-dealkylation sites (tertiary alicyclic amines) is 1. The molecule has 0 saturated carbocycles. The van der Waals surface area contributed by atoms with Crippen LogP contribution in [0.15, 0.2) is 24.3 Å². The normalized spacial score (nSPS) is 19.0. The van der Waals surface area contributed by atoms with Gasteiger partial charge in [-0.15, -0.1) is 0 Å². The lowest BCUT2D eigenvalue weighted by Crippen LogP contribution is -2.47. The minimum absolute atomic E-state index is 0.104. The highest BCUT2D eigenvalue weighted by Gasteiger charge is 2.29. The minimum Gasteiger partial charge on any atom is -0.380 e. The summed E-state index contributed by atoms with van der Waals surface area (Å²) in [5.74, 6) is 1.56. The number of rotatable bonds is 6. The van der Waals surface area contributed by atoms with Crippen LogP contribution in [0.5, 0.6) is 0 Å². The Bertz CT molecular complexity index is 600. The lowest BCUT2D eigenvalue weighted by Gasteiger charge is -2.41. The summed E-state index contributed by atoms with van der Waals surface area (Å²) in [7, 11) is -2.97. The molecule has 0 aromatic heterocycles. The maximum absolute atomic E-state index is 11.3. The van der Waals surface area contributed by atoms with E-state index in [0.717, 1.165) is 43.7 Å². The molecule has 1 N–H and O–H groups in total. The first-order chi connectivity index (χ1) is 10.7. The Hall–Kier alpha value is -1.07. The van der Waals surface area contributed by atoms with Crippen molar-refractivity contribution in [3.63, 3.8) is 0 Å². The van der Waals surface area contributed by atoms with E-state index in [1.54, 1.807) is 0 Å². The molecule has 0 amide bonds. The van der Waals surface area contributed by atoms with Gasteiger partial charge in [-0.3, -0.25) is 0 Å². The van der Waals surface area contributed by atoms with Gasteiger partial charge in [0.15, 0.2) is 9.84 Å². The molecule has 4 nitrogen and oxygen atoms in total. The summed E-state index contributed by atoms with van der Waals surface area (Å²) in [4.78, 5) is 2.51. The molecular formula is C18H29N2O2S. The molecule has 2 rings (SSSR count). The van der Waals surface area contributed by atoms with Crippen molar-refractivity contribution < 1.29 is 8.42 Å². The predicted octanol–water partition coefficient (Wildman–Crippen LogP) is 3.11. The fraction of sp³-hybridized carbons (Fsp3) is 0.611. The van der Waals surface area contributed by atoms with Crippen molar-refractivity contribution in [1.29, 1.82) is 0 Å². The molecule has 0 atom stereocenters. The first-order valence-electron chi connectivity index (χ1n) is 8.21. The predicted molar refractivity (Wildman–Crippen MR) is 97.3 cm³/mol. The van der Waals surface area contributed by atoms with Crippen molar-refractivity contribution in [1.82, 2.24) is 4.90 Å². The lowest BCUT2D eigenvalue weighted by atomic mass is 9.89. The SMILES string of the molecule is C[C](C)CN1CCC(C)(Nc2ccc(CS(C)(=O)=O)cc2)CC1. The van der Waals surface area contributed by atoms with E-state index in [0.29, 0.717) is 0 Å².